The van der Waals surface area contributed by atoms with Gasteiger partial charge in [0.25, 0.3) is 15.9 Å². The molecule has 0 bridgehead atoms. The van der Waals surface area contributed by atoms with Crippen LogP contribution in [0.3, 0.4) is 0 Å². The Morgan fingerprint density at radius 2 is 2.07 bits per heavy atom. The highest BCUT2D eigenvalue weighted by atomic mass is 32.2. The van der Waals surface area contributed by atoms with E-state index < -0.39 is 28.5 Å². The Bertz CT molecular complexity index is 879. The van der Waals surface area contributed by atoms with Crippen molar-refractivity contribution in [2.24, 2.45) is 4.40 Å². The normalized spacial score (nSPS) is 17.8. The molecule has 2 aliphatic rings. The molecule has 9 heteroatoms. The molecular formula is C18H23N3O5S. The molecule has 1 N–H and O–H groups in total. The fourth-order valence-corrected chi connectivity index (χ4v) is 4.42. The molecule has 1 aromatic rings. The van der Waals surface area contributed by atoms with E-state index >= 15 is 0 Å². The van der Waals surface area contributed by atoms with Gasteiger partial charge in [-0.2, -0.15) is 8.42 Å². The van der Waals surface area contributed by atoms with Gasteiger partial charge in [0.1, 0.15) is 10.7 Å². The fourth-order valence-electron chi connectivity index (χ4n) is 3.14. The molecule has 2 heterocycles. The number of nitrogens with zero attached hydrogens (tertiary/aromatic N) is 2. The monoisotopic (exact) mass is 393 g/mol. The zero-order chi connectivity index (χ0) is 19.4. The van der Waals surface area contributed by atoms with Gasteiger partial charge in [0.15, 0.2) is 6.61 Å². The van der Waals surface area contributed by atoms with Gasteiger partial charge in [-0.25, -0.2) is 4.79 Å². The molecule has 0 aliphatic carbocycles. The van der Waals surface area contributed by atoms with E-state index in [2.05, 4.69) is 9.71 Å². The number of amides is 1. The molecule has 0 spiro atoms. The zero-order valence-corrected chi connectivity index (χ0v) is 16.0. The molecule has 0 unspecified atom stereocenters. The van der Waals surface area contributed by atoms with Crippen LogP contribution in [-0.2, 0) is 19.6 Å². The van der Waals surface area contributed by atoms with Crippen molar-refractivity contribution in [3.05, 3.63) is 23.8 Å². The Balaban J connectivity index is 1.81. The van der Waals surface area contributed by atoms with E-state index in [-0.39, 0.29) is 10.5 Å². The van der Waals surface area contributed by atoms with Crippen molar-refractivity contribution in [1.82, 2.24) is 5.32 Å². The largest absolute Gasteiger partial charge is 0.452 e. The molecular weight excluding hydrogens is 370 g/mol. The summed E-state index contributed by atoms with van der Waals surface area (Å²) in [6.45, 7) is 2.71. The molecule has 1 amide bonds. The minimum atomic E-state index is -3.87. The highest BCUT2D eigenvalue weighted by molar-refractivity contribution is 7.90. The first-order valence-electron chi connectivity index (χ1n) is 9.11. The van der Waals surface area contributed by atoms with E-state index in [1.165, 1.54) is 12.1 Å². The average Bonchev–Trinajstić information content (AvgIpc) is 2.89. The average molecular weight is 393 g/mol. The quantitative estimate of drug-likeness (QED) is 0.766. The van der Waals surface area contributed by atoms with Crippen LogP contribution in [0.15, 0.2) is 27.5 Å². The Morgan fingerprint density at radius 3 is 2.85 bits per heavy atom. The molecule has 27 heavy (non-hydrogen) atoms. The van der Waals surface area contributed by atoms with Crippen molar-refractivity contribution in [3.63, 3.8) is 0 Å². The van der Waals surface area contributed by atoms with Crippen LogP contribution < -0.4 is 10.2 Å². The second-order valence-corrected chi connectivity index (χ2v) is 8.13. The second-order valence-electron chi connectivity index (χ2n) is 6.55. The summed E-state index contributed by atoms with van der Waals surface area (Å²) in [4.78, 5) is 25.7. The van der Waals surface area contributed by atoms with Gasteiger partial charge >= 0.3 is 5.97 Å². The van der Waals surface area contributed by atoms with E-state index in [9.17, 15) is 18.0 Å². The van der Waals surface area contributed by atoms with E-state index in [1.807, 2.05) is 11.8 Å². The lowest BCUT2D eigenvalue weighted by Gasteiger charge is -2.29. The van der Waals surface area contributed by atoms with Crippen molar-refractivity contribution < 1.29 is 22.7 Å². The molecule has 1 saturated heterocycles. The Morgan fingerprint density at radius 1 is 1.26 bits per heavy atom. The molecule has 0 aromatic heterocycles. The topological polar surface area (TPSA) is 105 Å². The number of esters is 1. The van der Waals surface area contributed by atoms with Crippen LogP contribution in [0.5, 0.6) is 0 Å². The molecule has 146 valence electrons. The maximum atomic E-state index is 12.6. The molecule has 3 rings (SSSR count). The number of ether oxygens (including phenoxy) is 1. The summed E-state index contributed by atoms with van der Waals surface area (Å²) in [6.07, 6.45) is 4.28. The van der Waals surface area contributed by atoms with Gasteiger partial charge in [-0.15, -0.1) is 4.40 Å². The van der Waals surface area contributed by atoms with Gasteiger partial charge in [-0.05, 0) is 37.5 Å². The third kappa shape index (κ3) is 4.29. The van der Waals surface area contributed by atoms with Gasteiger partial charge < -0.3 is 15.0 Å². The van der Waals surface area contributed by atoms with Crippen LogP contribution >= 0.6 is 0 Å². The lowest BCUT2D eigenvalue weighted by Crippen LogP contribution is -2.35. The number of rotatable bonds is 5. The smallest absolute Gasteiger partial charge is 0.338 e. The maximum Gasteiger partial charge on any atom is 0.338 e. The number of carbonyl (C=O) groups is 2. The number of anilines is 1. The van der Waals surface area contributed by atoms with Crippen LogP contribution in [0.4, 0.5) is 5.69 Å². The first kappa shape index (κ1) is 19.3. The Labute approximate surface area is 158 Å². The summed E-state index contributed by atoms with van der Waals surface area (Å²) >= 11 is 0. The third-order valence-electron chi connectivity index (χ3n) is 4.49. The molecule has 0 saturated carbocycles. The van der Waals surface area contributed by atoms with E-state index in [0.29, 0.717) is 31.0 Å². The van der Waals surface area contributed by atoms with Crippen LogP contribution in [0, 0.1) is 0 Å². The summed E-state index contributed by atoms with van der Waals surface area (Å²) in [5.41, 5.74) is 0.619. The lowest BCUT2D eigenvalue weighted by molar-refractivity contribution is -0.124. The van der Waals surface area contributed by atoms with Crippen LogP contribution in [0.25, 0.3) is 0 Å². The highest BCUT2D eigenvalue weighted by Gasteiger charge is 2.32. The van der Waals surface area contributed by atoms with Crippen molar-refractivity contribution >= 4 is 33.4 Å². The summed E-state index contributed by atoms with van der Waals surface area (Å²) in [5, 5.41) is 2.60. The minimum Gasteiger partial charge on any atom is -0.452 e. The first-order valence-corrected chi connectivity index (χ1v) is 10.6. The highest BCUT2D eigenvalue weighted by Crippen LogP contribution is 2.35. The maximum absolute atomic E-state index is 12.6. The van der Waals surface area contributed by atoms with Crippen LogP contribution in [0.2, 0.25) is 0 Å². The summed E-state index contributed by atoms with van der Waals surface area (Å²) in [6, 6.07) is 4.41. The van der Waals surface area contributed by atoms with Gasteiger partial charge in [0.2, 0.25) is 0 Å². The van der Waals surface area contributed by atoms with Crippen molar-refractivity contribution in [1.29, 1.82) is 0 Å². The Kier molecular flexibility index (Phi) is 5.79. The standard InChI is InChI=1S/C18H23N3O5S/c1-2-9-19-17(22)12-26-18(23)13-7-8-14-15(11-13)27(24,25)20-16-6-4-3-5-10-21(14)16/h7-8,11H,2-6,9-10,12H2,1H3,(H,19,22). The molecule has 0 atom stereocenters. The third-order valence-corrected chi connectivity index (χ3v) is 5.82. The number of hydrogen-bond acceptors (Lipinski definition) is 6. The zero-order valence-electron chi connectivity index (χ0n) is 15.2. The molecule has 2 aliphatic heterocycles. The predicted molar refractivity (Wildman–Crippen MR) is 100 cm³/mol. The lowest BCUT2D eigenvalue weighted by atomic mass is 10.2. The number of benzene rings is 1. The van der Waals surface area contributed by atoms with E-state index in [0.717, 1.165) is 25.7 Å². The molecule has 1 fully saturated rings. The van der Waals surface area contributed by atoms with Gasteiger partial charge in [0, 0.05) is 19.5 Å². The summed E-state index contributed by atoms with van der Waals surface area (Å²) in [7, 11) is -3.87. The summed E-state index contributed by atoms with van der Waals surface area (Å²) < 4.78 is 34.1. The second kappa shape index (κ2) is 8.08. The Hall–Kier alpha value is -2.42. The minimum absolute atomic E-state index is 0.00182. The van der Waals surface area contributed by atoms with Crippen molar-refractivity contribution in [2.45, 2.75) is 43.9 Å². The van der Waals surface area contributed by atoms with E-state index in [1.54, 1.807) is 6.07 Å². The van der Waals surface area contributed by atoms with Gasteiger partial charge in [-0.3, -0.25) is 4.79 Å². The number of sulfonamides is 1. The SMILES string of the molecule is CCCNC(=O)COC(=O)c1ccc2c(c1)S(=O)(=O)N=C1CCCCCN12. The first-order chi connectivity index (χ1) is 12.9. The van der Waals surface area contributed by atoms with Crippen molar-refractivity contribution in [3.8, 4) is 0 Å². The van der Waals surface area contributed by atoms with Crippen molar-refractivity contribution in [2.75, 3.05) is 24.6 Å². The number of nitrogens with one attached hydrogen (secondary N) is 1. The van der Waals surface area contributed by atoms with Crippen LogP contribution in [-0.4, -0.2) is 45.8 Å². The van der Waals surface area contributed by atoms with Crippen LogP contribution in [0.1, 0.15) is 49.4 Å². The number of fused-ring (bicyclic) bond motifs is 3. The fraction of sp³-hybridized carbons (Fsp3) is 0.500. The van der Waals surface area contributed by atoms with Gasteiger partial charge in [-0.1, -0.05) is 13.3 Å². The number of hydrogen-bond donors (Lipinski definition) is 1. The molecule has 0 radical (unpaired) electrons. The molecule has 8 nitrogen and oxygen atoms in total. The number of carbonyl (C=O) groups excluding carboxylic acids is 2. The predicted octanol–water partition coefficient (Wildman–Crippen LogP) is 1.85. The number of amidine groups is 1. The molecule has 1 aromatic carbocycles. The van der Waals surface area contributed by atoms with E-state index in [4.69, 9.17) is 4.74 Å². The summed E-state index contributed by atoms with van der Waals surface area (Å²) in [5.74, 6) is -0.581. The van der Waals surface area contributed by atoms with Gasteiger partial charge in [0.05, 0.1) is 11.3 Å².